The van der Waals surface area contributed by atoms with E-state index in [1.807, 2.05) is 26.0 Å². The zero-order valence-corrected chi connectivity index (χ0v) is 13.9. The molecule has 2 heterocycles. The Bertz CT molecular complexity index is 909. The number of aliphatic hydroxyl groups is 1. The molecule has 1 atom stereocenters. The predicted molar refractivity (Wildman–Crippen MR) is 90.2 cm³/mol. The van der Waals surface area contributed by atoms with Gasteiger partial charge in [-0.25, -0.2) is 4.98 Å². The van der Waals surface area contributed by atoms with Crippen molar-refractivity contribution < 1.29 is 9.84 Å². The van der Waals surface area contributed by atoms with E-state index < -0.39 is 6.10 Å². The summed E-state index contributed by atoms with van der Waals surface area (Å²) in [6.45, 7) is 4.19. The highest BCUT2D eigenvalue weighted by atomic mass is 16.5. The lowest BCUT2D eigenvalue weighted by molar-refractivity contribution is 0.0914. The Morgan fingerprint density at radius 2 is 1.96 bits per heavy atom. The fraction of sp³-hybridized carbons (Fsp3) is 0.353. The summed E-state index contributed by atoms with van der Waals surface area (Å²) in [7, 11) is 1.73. The fourth-order valence-corrected chi connectivity index (χ4v) is 2.69. The van der Waals surface area contributed by atoms with Gasteiger partial charge in [-0.1, -0.05) is 6.07 Å². The summed E-state index contributed by atoms with van der Waals surface area (Å²) in [6, 6.07) is 5.88. The Morgan fingerprint density at radius 3 is 2.67 bits per heavy atom. The highest BCUT2D eigenvalue weighted by Crippen LogP contribution is 2.16. The fourth-order valence-electron chi connectivity index (χ4n) is 2.69. The summed E-state index contributed by atoms with van der Waals surface area (Å²) in [4.78, 5) is 16.6. The zero-order chi connectivity index (χ0) is 17.3. The van der Waals surface area contributed by atoms with E-state index in [2.05, 4.69) is 16.1 Å². The lowest BCUT2D eigenvalue weighted by atomic mass is 10.1. The monoisotopic (exact) mass is 328 g/mol. The summed E-state index contributed by atoms with van der Waals surface area (Å²) < 4.78 is 8.55. The molecule has 3 rings (SSSR count). The van der Waals surface area contributed by atoms with E-state index in [0.717, 1.165) is 11.1 Å². The Kier molecular flexibility index (Phi) is 4.35. The first-order valence-corrected chi connectivity index (χ1v) is 7.70. The smallest absolute Gasteiger partial charge is 0.264 e. The average molecular weight is 328 g/mol. The van der Waals surface area contributed by atoms with Crippen LogP contribution < -0.4 is 10.3 Å². The molecule has 1 N–H and O–H groups in total. The highest BCUT2D eigenvalue weighted by Gasteiger charge is 2.12. The molecule has 1 unspecified atom stereocenters. The third-order valence-electron chi connectivity index (χ3n) is 3.76. The molecule has 0 saturated carbocycles. The maximum Gasteiger partial charge on any atom is 0.264 e. The van der Waals surface area contributed by atoms with Gasteiger partial charge in [-0.2, -0.15) is 5.10 Å². The van der Waals surface area contributed by atoms with Crippen LogP contribution in [0.5, 0.6) is 5.75 Å². The van der Waals surface area contributed by atoms with Crippen LogP contribution in [0.2, 0.25) is 0 Å². The minimum Gasteiger partial charge on any atom is -0.491 e. The van der Waals surface area contributed by atoms with Crippen LogP contribution in [-0.4, -0.2) is 37.1 Å². The van der Waals surface area contributed by atoms with Gasteiger partial charge in [0.15, 0.2) is 5.65 Å². The molecule has 0 bridgehead atoms. The lowest BCUT2D eigenvalue weighted by Gasteiger charge is -2.14. The van der Waals surface area contributed by atoms with Crippen LogP contribution in [0, 0.1) is 13.8 Å². The topological polar surface area (TPSA) is 82.2 Å². The molecule has 0 aliphatic carbocycles. The second-order valence-corrected chi connectivity index (χ2v) is 6.00. The number of aryl methyl sites for hydroxylation is 3. The molecule has 0 amide bonds. The second-order valence-electron chi connectivity index (χ2n) is 6.00. The Balaban J connectivity index is 1.69. The predicted octanol–water partition coefficient (Wildman–Crippen LogP) is 1.19. The first-order chi connectivity index (χ1) is 11.4. The molecule has 1 aromatic carbocycles. The van der Waals surface area contributed by atoms with Crippen LogP contribution in [0.1, 0.15) is 11.1 Å². The van der Waals surface area contributed by atoms with Crippen molar-refractivity contribution in [3.63, 3.8) is 0 Å². The molecule has 0 fully saturated rings. The number of benzene rings is 1. The lowest BCUT2D eigenvalue weighted by Crippen LogP contribution is -2.30. The van der Waals surface area contributed by atoms with Gasteiger partial charge < -0.3 is 9.84 Å². The molecule has 0 saturated heterocycles. The summed E-state index contributed by atoms with van der Waals surface area (Å²) >= 11 is 0. The van der Waals surface area contributed by atoms with Crippen molar-refractivity contribution in [2.75, 3.05) is 6.61 Å². The summed E-state index contributed by atoms with van der Waals surface area (Å²) in [6.07, 6.45) is 2.09. The number of aromatic nitrogens is 4. The third kappa shape index (κ3) is 3.30. The van der Waals surface area contributed by atoms with Crippen molar-refractivity contribution >= 4 is 11.0 Å². The maximum absolute atomic E-state index is 12.4. The molecule has 0 spiro atoms. The van der Waals surface area contributed by atoms with E-state index in [1.165, 1.54) is 17.1 Å². The van der Waals surface area contributed by atoms with Crippen LogP contribution >= 0.6 is 0 Å². The maximum atomic E-state index is 12.4. The van der Waals surface area contributed by atoms with Gasteiger partial charge in [0, 0.05) is 7.05 Å². The number of ether oxygens (including phenoxy) is 1. The molecule has 24 heavy (non-hydrogen) atoms. The SMILES string of the molecule is Cc1cc(C)cc(OCC(O)Cn2cnc3c(cnn3C)c2=O)c1. The molecule has 7 heteroatoms. The number of rotatable bonds is 5. The van der Waals surface area contributed by atoms with E-state index in [0.29, 0.717) is 16.8 Å². The minimum atomic E-state index is -0.820. The number of nitrogens with zero attached hydrogens (tertiary/aromatic N) is 4. The molecular weight excluding hydrogens is 308 g/mol. The van der Waals surface area contributed by atoms with E-state index >= 15 is 0 Å². The van der Waals surface area contributed by atoms with E-state index in [4.69, 9.17) is 4.74 Å². The number of hydrogen-bond donors (Lipinski definition) is 1. The summed E-state index contributed by atoms with van der Waals surface area (Å²) in [5.74, 6) is 0.708. The average Bonchev–Trinajstić information content (AvgIpc) is 2.89. The molecule has 7 nitrogen and oxygen atoms in total. The van der Waals surface area contributed by atoms with Gasteiger partial charge in [-0.15, -0.1) is 0 Å². The normalized spacial score (nSPS) is 12.5. The van der Waals surface area contributed by atoms with E-state index in [-0.39, 0.29) is 18.7 Å². The zero-order valence-electron chi connectivity index (χ0n) is 13.9. The van der Waals surface area contributed by atoms with Crippen molar-refractivity contribution in [3.05, 3.63) is 52.2 Å². The van der Waals surface area contributed by atoms with Gasteiger partial charge in [-0.3, -0.25) is 14.0 Å². The van der Waals surface area contributed by atoms with Crippen molar-refractivity contribution in [2.24, 2.45) is 7.05 Å². The van der Waals surface area contributed by atoms with Crippen LogP contribution in [0.25, 0.3) is 11.0 Å². The van der Waals surface area contributed by atoms with Gasteiger partial charge in [0.05, 0.1) is 12.7 Å². The first kappa shape index (κ1) is 16.2. The third-order valence-corrected chi connectivity index (χ3v) is 3.76. The van der Waals surface area contributed by atoms with Gasteiger partial charge in [-0.05, 0) is 37.1 Å². The molecule has 2 aromatic heterocycles. The molecule has 0 radical (unpaired) electrons. The van der Waals surface area contributed by atoms with Crippen molar-refractivity contribution in [1.29, 1.82) is 0 Å². The van der Waals surface area contributed by atoms with Crippen LogP contribution in [0.3, 0.4) is 0 Å². The standard InChI is InChI=1S/C17H20N4O3/c1-11-4-12(2)6-14(5-11)24-9-13(22)8-21-10-18-16-15(17(21)23)7-19-20(16)3/h4-7,10,13,22H,8-9H2,1-3H3. The van der Waals surface area contributed by atoms with Crippen LogP contribution in [-0.2, 0) is 13.6 Å². The molecule has 0 aliphatic heterocycles. The van der Waals surface area contributed by atoms with Crippen molar-refractivity contribution in [1.82, 2.24) is 19.3 Å². The summed E-state index contributed by atoms with van der Waals surface area (Å²) in [5, 5.41) is 14.6. The van der Waals surface area contributed by atoms with Gasteiger partial charge in [0.25, 0.3) is 5.56 Å². The molecular formula is C17H20N4O3. The first-order valence-electron chi connectivity index (χ1n) is 7.70. The van der Waals surface area contributed by atoms with Crippen LogP contribution in [0.4, 0.5) is 0 Å². The largest absolute Gasteiger partial charge is 0.491 e. The van der Waals surface area contributed by atoms with Gasteiger partial charge in [0.2, 0.25) is 0 Å². The number of fused-ring (bicyclic) bond motifs is 1. The minimum absolute atomic E-state index is 0.0976. The Labute approximate surface area is 139 Å². The molecule has 126 valence electrons. The van der Waals surface area contributed by atoms with E-state index in [1.54, 1.807) is 11.7 Å². The van der Waals surface area contributed by atoms with Gasteiger partial charge in [0.1, 0.15) is 30.2 Å². The Hall–Kier alpha value is -2.67. The highest BCUT2D eigenvalue weighted by molar-refractivity contribution is 5.72. The quantitative estimate of drug-likeness (QED) is 0.761. The molecule has 0 aliphatic rings. The van der Waals surface area contributed by atoms with Crippen molar-refractivity contribution in [2.45, 2.75) is 26.5 Å². The van der Waals surface area contributed by atoms with Gasteiger partial charge >= 0.3 is 0 Å². The van der Waals surface area contributed by atoms with E-state index in [9.17, 15) is 9.90 Å². The number of aliphatic hydroxyl groups excluding tert-OH is 1. The van der Waals surface area contributed by atoms with Crippen molar-refractivity contribution in [3.8, 4) is 5.75 Å². The second kappa shape index (κ2) is 6.45. The Morgan fingerprint density at radius 1 is 1.25 bits per heavy atom. The summed E-state index contributed by atoms with van der Waals surface area (Å²) in [5.41, 5.74) is 2.50. The number of hydrogen-bond acceptors (Lipinski definition) is 5. The van der Waals surface area contributed by atoms with Crippen LogP contribution in [0.15, 0.2) is 35.5 Å². The molecule has 3 aromatic rings.